The Balaban J connectivity index is 2.82. The summed E-state index contributed by atoms with van der Waals surface area (Å²) in [5.41, 5.74) is 9.65. The molecule has 0 saturated heterocycles. The molecule has 2 N–H and O–H groups in total. The molecule has 0 saturated carbocycles. The van der Waals surface area contributed by atoms with Crippen LogP contribution in [0.2, 0.25) is 0 Å². The fourth-order valence-corrected chi connectivity index (χ4v) is 2.34. The maximum absolute atomic E-state index is 9.04. The highest BCUT2D eigenvalue weighted by Crippen LogP contribution is 2.25. The predicted molar refractivity (Wildman–Crippen MR) is 96.4 cm³/mol. The molecule has 1 unspecified atom stereocenters. The summed E-state index contributed by atoms with van der Waals surface area (Å²) in [6.45, 7) is 12.3. The van der Waals surface area contributed by atoms with Crippen LogP contribution in [0.4, 0.5) is 11.4 Å². The highest BCUT2D eigenvalue weighted by molar-refractivity contribution is 5.57. The van der Waals surface area contributed by atoms with E-state index in [1.54, 1.807) is 0 Å². The standard InChI is InChI=1S/C18H31N3O3/c1-6-21(15-7-8-17(20-19)14(2)11-15)12-16(23-10-9-22)13-24-18(3,4)5/h7-8,11,16,19,22H,6,9-10,12-13H2,1-5H3. The number of benzene rings is 1. The van der Waals surface area contributed by atoms with Crippen molar-refractivity contribution in [2.45, 2.75) is 46.3 Å². The zero-order chi connectivity index (χ0) is 18.2. The van der Waals surface area contributed by atoms with Crippen LogP contribution in [0.5, 0.6) is 0 Å². The molecule has 0 bridgehead atoms. The van der Waals surface area contributed by atoms with Crippen LogP contribution in [-0.4, -0.2) is 49.7 Å². The summed E-state index contributed by atoms with van der Waals surface area (Å²) in [6, 6.07) is 5.86. The topological polar surface area (TPSA) is 78.1 Å². The molecule has 0 aliphatic rings. The quantitative estimate of drug-likeness (QED) is 0.638. The van der Waals surface area contributed by atoms with Crippen LogP contribution >= 0.6 is 0 Å². The smallest absolute Gasteiger partial charge is 0.0984 e. The Hall–Kier alpha value is -1.50. The average molecular weight is 337 g/mol. The molecule has 1 atom stereocenters. The molecular weight excluding hydrogens is 306 g/mol. The Morgan fingerprint density at radius 1 is 1.33 bits per heavy atom. The third-order valence-electron chi connectivity index (χ3n) is 3.62. The minimum Gasteiger partial charge on any atom is -0.394 e. The van der Waals surface area contributed by atoms with E-state index < -0.39 is 0 Å². The summed E-state index contributed by atoms with van der Waals surface area (Å²) < 4.78 is 11.6. The van der Waals surface area contributed by atoms with Crippen LogP contribution in [0.3, 0.4) is 0 Å². The second kappa shape index (κ2) is 9.71. The lowest BCUT2D eigenvalue weighted by molar-refractivity contribution is -0.0741. The first-order valence-corrected chi connectivity index (χ1v) is 8.40. The molecule has 6 heteroatoms. The second-order valence-electron chi connectivity index (χ2n) is 6.76. The maximum Gasteiger partial charge on any atom is 0.0984 e. The van der Waals surface area contributed by atoms with Gasteiger partial charge in [-0.1, -0.05) is 0 Å². The lowest BCUT2D eigenvalue weighted by Gasteiger charge is -2.30. The fourth-order valence-electron chi connectivity index (χ4n) is 2.34. The van der Waals surface area contributed by atoms with E-state index in [4.69, 9.17) is 20.1 Å². The van der Waals surface area contributed by atoms with Gasteiger partial charge in [0.25, 0.3) is 0 Å². The molecule has 0 fully saturated rings. The Kier molecular flexibility index (Phi) is 8.31. The molecule has 0 radical (unpaired) electrons. The van der Waals surface area contributed by atoms with E-state index in [-0.39, 0.29) is 18.3 Å². The van der Waals surface area contributed by atoms with E-state index in [2.05, 4.69) is 16.9 Å². The van der Waals surface area contributed by atoms with E-state index in [9.17, 15) is 0 Å². The molecule has 24 heavy (non-hydrogen) atoms. The SMILES string of the molecule is CCN(CC(COC(C)(C)C)OCCO)c1ccc(N=N)c(C)c1. The summed E-state index contributed by atoms with van der Waals surface area (Å²) in [6.07, 6.45) is -0.128. The average Bonchev–Trinajstić information content (AvgIpc) is 2.53. The fraction of sp³-hybridized carbons (Fsp3) is 0.667. The molecule has 0 heterocycles. The Morgan fingerprint density at radius 3 is 2.54 bits per heavy atom. The van der Waals surface area contributed by atoms with E-state index in [0.29, 0.717) is 25.4 Å². The van der Waals surface area contributed by atoms with Gasteiger partial charge in [-0.15, -0.1) is 0 Å². The Bertz CT molecular complexity index is 515. The lowest BCUT2D eigenvalue weighted by Crippen LogP contribution is -2.39. The van der Waals surface area contributed by atoms with Gasteiger partial charge >= 0.3 is 0 Å². The van der Waals surface area contributed by atoms with E-state index in [1.807, 2.05) is 45.9 Å². The van der Waals surface area contributed by atoms with Crippen LogP contribution in [0.25, 0.3) is 0 Å². The third kappa shape index (κ3) is 6.95. The summed E-state index contributed by atoms with van der Waals surface area (Å²) in [5.74, 6) is 0. The number of aryl methyl sites for hydroxylation is 1. The van der Waals surface area contributed by atoms with Gasteiger partial charge in [0.2, 0.25) is 0 Å². The van der Waals surface area contributed by atoms with Gasteiger partial charge in [0, 0.05) is 18.8 Å². The number of hydrogen-bond acceptors (Lipinski definition) is 6. The molecule has 0 aliphatic heterocycles. The summed E-state index contributed by atoms with van der Waals surface area (Å²) in [7, 11) is 0. The number of rotatable bonds is 10. The van der Waals surface area contributed by atoms with Crippen molar-refractivity contribution in [2.24, 2.45) is 5.11 Å². The van der Waals surface area contributed by atoms with Gasteiger partial charge in [-0.3, -0.25) is 0 Å². The van der Waals surface area contributed by atoms with Crippen molar-refractivity contribution >= 4 is 11.4 Å². The van der Waals surface area contributed by atoms with E-state index in [0.717, 1.165) is 17.8 Å². The van der Waals surface area contributed by atoms with Gasteiger partial charge in [-0.05, 0) is 58.4 Å². The molecular formula is C18H31N3O3. The van der Waals surface area contributed by atoms with E-state index in [1.165, 1.54) is 0 Å². The van der Waals surface area contributed by atoms with Crippen molar-refractivity contribution in [3.63, 3.8) is 0 Å². The van der Waals surface area contributed by atoms with Gasteiger partial charge in [-0.25, -0.2) is 5.53 Å². The molecule has 0 aliphatic carbocycles. The van der Waals surface area contributed by atoms with Gasteiger partial charge in [0.05, 0.1) is 37.2 Å². The number of nitrogens with one attached hydrogen (secondary N) is 1. The van der Waals surface area contributed by atoms with Crippen LogP contribution < -0.4 is 4.90 Å². The minimum atomic E-state index is -0.230. The first kappa shape index (κ1) is 20.5. The Morgan fingerprint density at radius 2 is 2.04 bits per heavy atom. The molecule has 0 amide bonds. The molecule has 0 aromatic heterocycles. The summed E-state index contributed by atoms with van der Waals surface area (Å²) in [5, 5.41) is 12.6. The monoisotopic (exact) mass is 337 g/mol. The van der Waals surface area contributed by atoms with E-state index >= 15 is 0 Å². The lowest BCUT2D eigenvalue weighted by atomic mass is 10.1. The van der Waals surface area contributed by atoms with Crippen molar-refractivity contribution in [3.8, 4) is 0 Å². The number of anilines is 1. The zero-order valence-electron chi connectivity index (χ0n) is 15.5. The van der Waals surface area contributed by atoms with Crippen molar-refractivity contribution < 1.29 is 14.6 Å². The van der Waals surface area contributed by atoms with Crippen molar-refractivity contribution in [2.75, 3.05) is 37.8 Å². The number of aliphatic hydroxyl groups excluding tert-OH is 1. The second-order valence-corrected chi connectivity index (χ2v) is 6.76. The molecule has 136 valence electrons. The van der Waals surface area contributed by atoms with Crippen molar-refractivity contribution in [3.05, 3.63) is 23.8 Å². The van der Waals surface area contributed by atoms with Crippen LogP contribution in [0, 0.1) is 12.5 Å². The van der Waals surface area contributed by atoms with Gasteiger partial charge in [-0.2, -0.15) is 5.11 Å². The number of likely N-dealkylation sites (N-methyl/N-ethyl adjacent to an activating group) is 1. The summed E-state index contributed by atoms with van der Waals surface area (Å²) in [4.78, 5) is 2.20. The molecule has 0 spiro atoms. The third-order valence-corrected chi connectivity index (χ3v) is 3.62. The summed E-state index contributed by atoms with van der Waals surface area (Å²) >= 11 is 0. The van der Waals surface area contributed by atoms with Crippen molar-refractivity contribution in [1.82, 2.24) is 0 Å². The zero-order valence-corrected chi connectivity index (χ0v) is 15.5. The van der Waals surface area contributed by atoms with Crippen LogP contribution in [0.1, 0.15) is 33.3 Å². The number of hydrogen-bond donors (Lipinski definition) is 2. The molecule has 6 nitrogen and oxygen atoms in total. The van der Waals surface area contributed by atoms with Crippen LogP contribution in [-0.2, 0) is 9.47 Å². The first-order valence-electron chi connectivity index (χ1n) is 8.40. The van der Waals surface area contributed by atoms with Gasteiger partial charge in [0.15, 0.2) is 0 Å². The number of nitrogens with zero attached hydrogens (tertiary/aromatic N) is 2. The van der Waals surface area contributed by atoms with Gasteiger partial charge in [0.1, 0.15) is 0 Å². The molecule has 1 aromatic rings. The maximum atomic E-state index is 9.04. The first-order chi connectivity index (χ1) is 11.3. The van der Waals surface area contributed by atoms with Crippen LogP contribution in [0.15, 0.2) is 23.3 Å². The Labute approximate surface area is 145 Å². The molecule has 1 rings (SSSR count). The number of ether oxygens (including phenoxy) is 2. The van der Waals surface area contributed by atoms with Gasteiger partial charge < -0.3 is 19.5 Å². The van der Waals surface area contributed by atoms with Crippen molar-refractivity contribution in [1.29, 1.82) is 5.53 Å². The highest BCUT2D eigenvalue weighted by Gasteiger charge is 2.19. The molecule has 1 aromatic carbocycles. The largest absolute Gasteiger partial charge is 0.394 e. The highest BCUT2D eigenvalue weighted by atomic mass is 16.5. The number of aliphatic hydroxyl groups is 1. The minimum absolute atomic E-state index is 0.00302. The normalized spacial score (nSPS) is 12.9. The predicted octanol–water partition coefficient (Wildman–Crippen LogP) is 3.68.